The largest absolute Gasteiger partial charge is 0.493 e. The van der Waals surface area contributed by atoms with Crippen molar-refractivity contribution in [2.75, 3.05) is 26.3 Å². The molecule has 2 aromatic carbocycles. The van der Waals surface area contributed by atoms with E-state index >= 15 is 0 Å². The van der Waals surface area contributed by atoms with E-state index < -0.39 is 11.7 Å². The SMILES string of the molecule is COc1cc2c(c(OC)c1OC)-c1ccc(N(N)C(=O)OC(C)(C)C)cc1[C@@H](NC(C)=O)CC2. The molecule has 2 aromatic rings. The number of hydrogen-bond donors (Lipinski definition) is 2. The normalized spacial score (nSPS) is 14.8. The van der Waals surface area contributed by atoms with Crippen LogP contribution in [0.1, 0.15) is 51.3 Å². The number of ether oxygens (including phenoxy) is 4. The predicted octanol–water partition coefficient (Wildman–Crippen LogP) is 4.12. The van der Waals surface area contributed by atoms with Gasteiger partial charge in [0.1, 0.15) is 5.60 Å². The van der Waals surface area contributed by atoms with Crippen LogP contribution in [0.15, 0.2) is 24.3 Å². The van der Waals surface area contributed by atoms with E-state index in [1.165, 1.54) is 6.92 Å². The number of rotatable bonds is 5. The molecule has 9 heteroatoms. The van der Waals surface area contributed by atoms with Crippen LogP contribution in [0.4, 0.5) is 10.5 Å². The van der Waals surface area contributed by atoms with Gasteiger partial charge in [0.2, 0.25) is 11.7 Å². The molecule has 0 spiro atoms. The first-order valence-corrected chi connectivity index (χ1v) is 11.0. The molecule has 3 N–H and O–H groups in total. The number of nitrogens with one attached hydrogen (secondary N) is 1. The topological polar surface area (TPSA) is 112 Å². The minimum atomic E-state index is -0.693. The maximum atomic E-state index is 12.6. The second kappa shape index (κ2) is 9.80. The van der Waals surface area contributed by atoms with Crippen LogP contribution in [-0.2, 0) is 16.0 Å². The lowest BCUT2D eigenvalue weighted by molar-refractivity contribution is -0.119. The van der Waals surface area contributed by atoms with Crippen LogP contribution in [0.25, 0.3) is 11.1 Å². The van der Waals surface area contributed by atoms with Gasteiger partial charge in [-0.1, -0.05) is 6.07 Å². The predicted molar refractivity (Wildman–Crippen MR) is 129 cm³/mol. The third-order valence-corrected chi connectivity index (χ3v) is 5.54. The minimum absolute atomic E-state index is 0.161. The molecule has 0 fully saturated rings. The molecule has 1 aliphatic carbocycles. The van der Waals surface area contributed by atoms with Crippen molar-refractivity contribution in [2.45, 2.75) is 52.2 Å². The first-order valence-electron chi connectivity index (χ1n) is 11.0. The van der Waals surface area contributed by atoms with E-state index in [1.807, 2.05) is 12.1 Å². The fourth-order valence-corrected chi connectivity index (χ4v) is 4.18. The van der Waals surface area contributed by atoms with Crippen molar-refractivity contribution in [3.8, 4) is 28.4 Å². The lowest BCUT2D eigenvalue weighted by atomic mass is 9.93. The third kappa shape index (κ3) is 5.04. The molecule has 0 saturated carbocycles. The smallest absolute Gasteiger partial charge is 0.429 e. The molecule has 0 bridgehead atoms. The fraction of sp³-hybridized carbons (Fsp3) is 0.440. The monoisotopic (exact) mass is 471 g/mol. The average molecular weight is 472 g/mol. The van der Waals surface area contributed by atoms with Crippen molar-refractivity contribution in [1.29, 1.82) is 0 Å². The number of fused-ring (bicyclic) bond motifs is 3. The molecule has 0 unspecified atom stereocenters. The van der Waals surface area contributed by atoms with Crippen LogP contribution in [0.2, 0.25) is 0 Å². The summed E-state index contributed by atoms with van der Waals surface area (Å²) in [6, 6.07) is 7.01. The summed E-state index contributed by atoms with van der Waals surface area (Å²) in [6.45, 7) is 6.79. The molecular formula is C25H33N3O6. The number of benzene rings is 2. The summed E-state index contributed by atoms with van der Waals surface area (Å²) in [5.74, 6) is 7.52. The zero-order valence-corrected chi connectivity index (χ0v) is 20.8. The van der Waals surface area contributed by atoms with Crippen LogP contribution < -0.4 is 30.4 Å². The van der Waals surface area contributed by atoms with Crippen molar-refractivity contribution in [1.82, 2.24) is 5.32 Å². The minimum Gasteiger partial charge on any atom is -0.493 e. The molecule has 34 heavy (non-hydrogen) atoms. The zero-order valence-electron chi connectivity index (χ0n) is 20.8. The summed E-state index contributed by atoms with van der Waals surface area (Å²) in [7, 11) is 4.71. The summed E-state index contributed by atoms with van der Waals surface area (Å²) in [5, 5.41) is 3.99. The van der Waals surface area contributed by atoms with Crippen LogP contribution >= 0.6 is 0 Å². The highest BCUT2D eigenvalue weighted by Gasteiger charge is 2.30. The molecular weight excluding hydrogens is 438 g/mol. The van der Waals surface area contributed by atoms with Crippen molar-refractivity contribution >= 4 is 17.7 Å². The number of nitrogens with zero attached hydrogens (tertiary/aromatic N) is 1. The summed E-state index contributed by atoms with van der Waals surface area (Å²) in [4.78, 5) is 24.6. The van der Waals surface area contributed by atoms with Gasteiger partial charge in [-0.25, -0.2) is 15.6 Å². The Morgan fingerprint density at radius 3 is 2.29 bits per heavy atom. The van der Waals surface area contributed by atoms with Gasteiger partial charge in [-0.2, -0.15) is 0 Å². The van der Waals surface area contributed by atoms with E-state index in [1.54, 1.807) is 54.2 Å². The fourth-order valence-electron chi connectivity index (χ4n) is 4.18. The number of nitrogens with two attached hydrogens (primary N) is 1. The molecule has 0 aromatic heterocycles. The Morgan fingerprint density at radius 1 is 1.06 bits per heavy atom. The van der Waals surface area contributed by atoms with Gasteiger partial charge >= 0.3 is 6.09 Å². The maximum absolute atomic E-state index is 12.6. The molecule has 0 aliphatic heterocycles. The van der Waals surface area contributed by atoms with Crippen LogP contribution in [0.5, 0.6) is 17.2 Å². The van der Waals surface area contributed by atoms with Crippen molar-refractivity contribution in [3.05, 3.63) is 35.4 Å². The van der Waals surface area contributed by atoms with E-state index in [0.29, 0.717) is 35.8 Å². The van der Waals surface area contributed by atoms with Crippen LogP contribution in [-0.4, -0.2) is 38.9 Å². The Hall–Kier alpha value is -3.46. The van der Waals surface area contributed by atoms with Crippen LogP contribution in [0.3, 0.4) is 0 Å². The summed E-state index contributed by atoms with van der Waals surface area (Å²) < 4.78 is 22.3. The van der Waals surface area contributed by atoms with E-state index in [2.05, 4.69) is 5.32 Å². The van der Waals surface area contributed by atoms with Crippen molar-refractivity contribution < 1.29 is 28.5 Å². The highest BCUT2D eigenvalue weighted by atomic mass is 16.6. The number of aryl methyl sites for hydroxylation is 1. The Bertz CT molecular complexity index is 1090. The molecule has 3 rings (SSSR count). The standard InChI is InChI=1S/C25H33N3O6/c1-14(29)27-19-11-8-15-12-20(31-5)22(32-6)23(33-7)21(15)17-10-9-16(13-18(17)19)28(26)24(30)34-25(2,3)4/h9-10,12-13,19H,8,11,26H2,1-7H3,(H,27,29)/t19-/m0/s1. The molecule has 1 aliphatic rings. The second-order valence-corrected chi connectivity index (χ2v) is 9.09. The quantitative estimate of drug-likeness (QED) is 0.383. The molecule has 184 valence electrons. The van der Waals surface area contributed by atoms with Gasteiger partial charge in [0.25, 0.3) is 0 Å². The lowest BCUT2D eigenvalue weighted by Crippen LogP contribution is -2.41. The molecule has 9 nitrogen and oxygen atoms in total. The van der Waals surface area contributed by atoms with E-state index in [-0.39, 0.29) is 11.9 Å². The third-order valence-electron chi connectivity index (χ3n) is 5.54. The number of methoxy groups -OCH3 is 3. The van der Waals surface area contributed by atoms with Gasteiger partial charge in [0.15, 0.2) is 11.5 Å². The van der Waals surface area contributed by atoms with Gasteiger partial charge in [-0.05, 0) is 68.5 Å². The highest BCUT2D eigenvalue weighted by Crippen LogP contribution is 2.50. The molecule has 0 saturated heterocycles. The van der Waals surface area contributed by atoms with E-state index in [9.17, 15) is 9.59 Å². The van der Waals surface area contributed by atoms with Gasteiger partial charge < -0.3 is 24.3 Å². The number of hydrogen-bond acceptors (Lipinski definition) is 7. The number of hydrazine groups is 1. The number of carbonyl (C=O) groups is 2. The van der Waals surface area contributed by atoms with Crippen molar-refractivity contribution in [2.24, 2.45) is 5.84 Å². The maximum Gasteiger partial charge on any atom is 0.429 e. The van der Waals surface area contributed by atoms with Gasteiger partial charge in [0.05, 0.1) is 33.1 Å². The van der Waals surface area contributed by atoms with Crippen LogP contribution in [0, 0.1) is 0 Å². The average Bonchev–Trinajstić information content (AvgIpc) is 2.92. The Kier molecular flexibility index (Phi) is 7.26. The Labute approximate surface area is 200 Å². The van der Waals surface area contributed by atoms with E-state index in [0.717, 1.165) is 27.3 Å². The number of carbonyl (C=O) groups excluding carboxylic acids is 2. The summed E-state index contributed by atoms with van der Waals surface area (Å²) in [6.07, 6.45) is 0.597. The number of anilines is 1. The molecule has 1 atom stereocenters. The van der Waals surface area contributed by atoms with Gasteiger partial charge in [-0.15, -0.1) is 0 Å². The molecule has 2 amide bonds. The molecule has 0 heterocycles. The van der Waals surface area contributed by atoms with Gasteiger partial charge in [0, 0.05) is 12.5 Å². The van der Waals surface area contributed by atoms with E-state index in [4.69, 9.17) is 24.8 Å². The summed E-state index contributed by atoms with van der Waals surface area (Å²) in [5.41, 5.74) is 3.22. The Morgan fingerprint density at radius 2 is 1.74 bits per heavy atom. The second-order valence-electron chi connectivity index (χ2n) is 9.09. The first kappa shape index (κ1) is 25.2. The first-order chi connectivity index (χ1) is 16.0. The number of amides is 2. The zero-order chi connectivity index (χ0) is 25.2. The highest BCUT2D eigenvalue weighted by molar-refractivity contribution is 5.89. The van der Waals surface area contributed by atoms with Gasteiger partial charge in [-0.3, -0.25) is 4.79 Å². The molecule has 0 radical (unpaired) electrons. The lowest BCUT2D eigenvalue weighted by Gasteiger charge is -2.26. The van der Waals surface area contributed by atoms with Crippen molar-refractivity contribution in [3.63, 3.8) is 0 Å². The summed E-state index contributed by atoms with van der Waals surface area (Å²) >= 11 is 0. The Balaban J connectivity index is 2.21.